The Morgan fingerprint density at radius 1 is 1.08 bits per heavy atom. The summed E-state index contributed by atoms with van der Waals surface area (Å²) in [6.07, 6.45) is 5.88. The van der Waals surface area contributed by atoms with Crippen LogP contribution in [0.4, 0.5) is 0 Å². The molecule has 1 aliphatic carbocycles. The Morgan fingerprint density at radius 2 is 1.67 bits per heavy atom. The highest BCUT2D eigenvalue weighted by Crippen LogP contribution is 2.38. The molecule has 3 heteroatoms. The monoisotopic (exact) mass is 332 g/mol. The SMILES string of the molecule is CCOC(C[C@](C)(C(=O)C1CCCCC1)c1ccccc1)OCC. The maximum absolute atomic E-state index is 13.5. The van der Waals surface area contributed by atoms with Gasteiger partial charge in [0.2, 0.25) is 0 Å². The van der Waals surface area contributed by atoms with Crippen molar-refractivity contribution in [3.8, 4) is 0 Å². The van der Waals surface area contributed by atoms with Crippen molar-refractivity contribution in [1.29, 1.82) is 0 Å². The quantitative estimate of drug-likeness (QED) is 0.604. The molecule has 0 heterocycles. The Morgan fingerprint density at radius 3 is 2.21 bits per heavy atom. The van der Waals surface area contributed by atoms with Gasteiger partial charge in [-0.05, 0) is 39.2 Å². The fourth-order valence-electron chi connectivity index (χ4n) is 3.85. The van der Waals surface area contributed by atoms with E-state index in [0.717, 1.165) is 18.4 Å². The zero-order valence-electron chi connectivity index (χ0n) is 15.4. The minimum absolute atomic E-state index is 0.174. The highest BCUT2D eigenvalue weighted by Gasteiger charge is 2.41. The number of ketones is 1. The maximum Gasteiger partial charge on any atom is 0.158 e. The van der Waals surface area contributed by atoms with Crippen LogP contribution in [-0.2, 0) is 19.7 Å². The molecular weight excluding hydrogens is 300 g/mol. The summed E-state index contributed by atoms with van der Waals surface area (Å²) in [6, 6.07) is 10.2. The molecule has 0 amide bonds. The van der Waals surface area contributed by atoms with Gasteiger partial charge in [-0.25, -0.2) is 0 Å². The molecule has 134 valence electrons. The van der Waals surface area contributed by atoms with Crippen LogP contribution in [0, 0.1) is 5.92 Å². The second-order valence-corrected chi connectivity index (χ2v) is 6.94. The molecule has 1 atom stereocenters. The highest BCUT2D eigenvalue weighted by atomic mass is 16.7. The molecular formula is C21H32O3. The van der Waals surface area contributed by atoms with E-state index >= 15 is 0 Å². The highest BCUT2D eigenvalue weighted by molar-refractivity contribution is 5.91. The first-order chi connectivity index (χ1) is 11.6. The molecule has 0 N–H and O–H groups in total. The van der Waals surface area contributed by atoms with Crippen LogP contribution in [0.3, 0.4) is 0 Å². The van der Waals surface area contributed by atoms with Crippen molar-refractivity contribution in [2.24, 2.45) is 5.92 Å². The number of ether oxygens (including phenoxy) is 2. The first-order valence-electron chi connectivity index (χ1n) is 9.44. The van der Waals surface area contributed by atoms with Crippen molar-refractivity contribution in [3.05, 3.63) is 35.9 Å². The standard InChI is InChI=1S/C21H32O3/c1-4-23-19(24-5-2)16-21(3,18-14-10-7-11-15-18)20(22)17-12-8-6-9-13-17/h7,10-11,14-15,17,19H,4-6,8-9,12-13,16H2,1-3H3/t21-/m0/s1. The van der Waals surface area contributed by atoms with E-state index in [4.69, 9.17) is 9.47 Å². The lowest BCUT2D eigenvalue weighted by molar-refractivity contribution is -0.156. The summed E-state index contributed by atoms with van der Waals surface area (Å²) in [5, 5.41) is 0. The van der Waals surface area contributed by atoms with Gasteiger partial charge in [-0.1, -0.05) is 49.6 Å². The van der Waals surface area contributed by atoms with E-state index < -0.39 is 5.41 Å². The number of carbonyl (C=O) groups excluding carboxylic acids is 1. The third-order valence-corrected chi connectivity index (χ3v) is 5.21. The Hall–Kier alpha value is -1.19. The van der Waals surface area contributed by atoms with Crippen LogP contribution in [0.25, 0.3) is 0 Å². The molecule has 1 aliphatic rings. The summed E-state index contributed by atoms with van der Waals surface area (Å²) >= 11 is 0. The van der Waals surface area contributed by atoms with Gasteiger partial charge >= 0.3 is 0 Å². The Labute approximate surface area is 146 Å². The number of Topliss-reactive ketones (excluding diaryl/α,β-unsaturated/α-hetero) is 1. The lowest BCUT2D eigenvalue weighted by atomic mass is 9.68. The Kier molecular flexibility index (Phi) is 7.44. The topological polar surface area (TPSA) is 35.5 Å². The molecule has 24 heavy (non-hydrogen) atoms. The number of benzene rings is 1. The van der Waals surface area contributed by atoms with Crippen LogP contribution in [0.2, 0.25) is 0 Å². The van der Waals surface area contributed by atoms with Gasteiger partial charge in [-0.3, -0.25) is 4.79 Å². The van der Waals surface area contributed by atoms with Crippen molar-refractivity contribution in [2.45, 2.75) is 71.0 Å². The number of hydrogen-bond acceptors (Lipinski definition) is 3. The zero-order valence-corrected chi connectivity index (χ0v) is 15.4. The molecule has 3 nitrogen and oxygen atoms in total. The van der Waals surface area contributed by atoms with Crippen molar-refractivity contribution in [2.75, 3.05) is 13.2 Å². The third kappa shape index (κ3) is 4.67. The van der Waals surface area contributed by atoms with E-state index in [1.54, 1.807) is 0 Å². The predicted octanol–water partition coefficient (Wildman–Crippen LogP) is 4.88. The molecule has 0 radical (unpaired) electrons. The molecule has 0 aromatic heterocycles. The van der Waals surface area contributed by atoms with Crippen molar-refractivity contribution in [3.63, 3.8) is 0 Å². The first-order valence-corrected chi connectivity index (χ1v) is 9.44. The minimum Gasteiger partial charge on any atom is -0.353 e. The summed E-state index contributed by atoms with van der Waals surface area (Å²) in [5.74, 6) is 0.533. The predicted molar refractivity (Wildman–Crippen MR) is 97.0 cm³/mol. The maximum atomic E-state index is 13.5. The summed E-state index contributed by atoms with van der Waals surface area (Å²) in [7, 11) is 0. The fourth-order valence-corrected chi connectivity index (χ4v) is 3.85. The van der Waals surface area contributed by atoms with E-state index in [9.17, 15) is 4.79 Å². The van der Waals surface area contributed by atoms with Crippen molar-refractivity contribution >= 4 is 5.78 Å². The average molecular weight is 332 g/mol. The van der Waals surface area contributed by atoms with Gasteiger partial charge in [0.25, 0.3) is 0 Å². The molecule has 0 saturated heterocycles. The van der Waals surface area contributed by atoms with Gasteiger partial charge < -0.3 is 9.47 Å². The minimum atomic E-state index is -0.557. The molecule has 2 rings (SSSR count). The van der Waals surface area contributed by atoms with E-state index in [1.807, 2.05) is 32.0 Å². The normalized spacial score (nSPS) is 18.5. The molecule has 0 unspecified atom stereocenters. The molecule has 1 aromatic rings. The van der Waals surface area contributed by atoms with Gasteiger partial charge in [0, 0.05) is 25.6 Å². The van der Waals surface area contributed by atoms with Gasteiger partial charge in [-0.15, -0.1) is 0 Å². The lowest BCUT2D eigenvalue weighted by Gasteiger charge is -2.36. The third-order valence-electron chi connectivity index (χ3n) is 5.21. The van der Waals surface area contributed by atoms with E-state index in [2.05, 4.69) is 19.1 Å². The second-order valence-electron chi connectivity index (χ2n) is 6.94. The number of carbonyl (C=O) groups is 1. The Balaban J connectivity index is 2.28. The van der Waals surface area contributed by atoms with Crippen LogP contribution < -0.4 is 0 Å². The van der Waals surface area contributed by atoms with Gasteiger partial charge in [0.05, 0.1) is 5.41 Å². The molecule has 1 saturated carbocycles. The second kappa shape index (κ2) is 9.33. The molecule has 0 aliphatic heterocycles. The smallest absolute Gasteiger partial charge is 0.158 e. The van der Waals surface area contributed by atoms with Crippen molar-refractivity contribution < 1.29 is 14.3 Å². The summed E-state index contributed by atoms with van der Waals surface area (Å²) in [6.45, 7) is 7.19. The zero-order chi connectivity index (χ0) is 17.4. The van der Waals surface area contributed by atoms with Gasteiger partial charge in [0.1, 0.15) is 5.78 Å². The molecule has 0 bridgehead atoms. The fraction of sp³-hybridized carbons (Fsp3) is 0.667. The van der Waals surface area contributed by atoms with Crippen LogP contribution >= 0.6 is 0 Å². The lowest BCUT2D eigenvalue weighted by Crippen LogP contribution is -2.42. The molecule has 0 spiro atoms. The largest absolute Gasteiger partial charge is 0.353 e. The molecule has 1 aromatic carbocycles. The van der Waals surface area contributed by atoms with Crippen LogP contribution in [0.1, 0.15) is 64.9 Å². The summed E-state index contributed by atoms with van der Waals surface area (Å²) in [4.78, 5) is 13.5. The van der Waals surface area contributed by atoms with E-state index in [1.165, 1.54) is 19.3 Å². The first kappa shape index (κ1) is 19.1. The van der Waals surface area contributed by atoms with Gasteiger partial charge in [0.15, 0.2) is 6.29 Å². The molecule has 1 fully saturated rings. The van der Waals surface area contributed by atoms with Gasteiger partial charge in [-0.2, -0.15) is 0 Å². The number of rotatable bonds is 9. The summed E-state index contributed by atoms with van der Waals surface area (Å²) in [5.41, 5.74) is 0.517. The van der Waals surface area contributed by atoms with Crippen LogP contribution in [0.15, 0.2) is 30.3 Å². The van der Waals surface area contributed by atoms with Crippen molar-refractivity contribution in [1.82, 2.24) is 0 Å². The van der Waals surface area contributed by atoms with Crippen LogP contribution in [-0.4, -0.2) is 25.3 Å². The summed E-state index contributed by atoms with van der Waals surface area (Å²) < 4.78 is 11.5. The van der Waals surface area contributed by atoms with Crippen LogP contribution in [0.5, 0.6) is 0 Å². The Bertz CT molecular complexity index is 487. The van der Waals surface area contributed by atoms with E-state index in [-0.39, 0.29) is 12.2 Å². The van der Waals surface area contributed by atoms with E-state index in [0.29, 0.717) is 25.4 Å². The number of hydrogen-bond donors (Lipinski definition) is 0. The average Bonchev–Trinajstić information content (AvgIpc) is 2.63.